The van der Waals surface area contributed by atoms with Crippen molar-refractivity contribution in [3.8, 4) is 0 Å². The molecule has 1 unspecified atom stereocenters. The minimum atomic E-state index is -2.57. The lowest BCUT2D eigenvalue weighted by Gasteiger charge is -2.23. The summed E-state index contributed by atoms with van der Waals surface area (Å²) in [4.78, 5) is 47.1. The van der Waals surface area contributed by atoms with Gasteiger partial charge < -0.3 is 19.7 Å². The molecule has 1 atom stereocenters. The van der Waals surface area contributed by atoms with Gasteiger partial charge in [-0.25, -0.2) is 4.79 Å². The molecule has 0 radical (unpaired) electrons. The van der Waals surface area contributed by atoms with Gasteiger partial charge in [-0.2, -0.15) is 0 Å². The number of carboxylic acids is 1. The number of rotatable bonds is 24. The molecule has 0 saturated carbocycles. The summed E-state index contributed by atoms with van der Waals surface area (Å²) in [5.74, 6) is -4.56. The van der Waals surface area contributed by atoms with Crippen molar-refractivity contribution in [3.63, 3.8) is 0 Å². The first-order valence-electron chi connectivity index (χ1n) is 14.1. The summed E-state index contributed by atoms with van der Waals surface area (Å²) in [6.45, 7) is 4.23. The number of unbranched alkanes of at least 4 members (excludes halogenated alkanes) is 15. The van der Waals surface area contributed by atoms with Gasteiger partial charge in [0.05, 0.1) is 19.4 Å². The first-order valence-corrected chi connectivity index (χ1v) is 14.1. The molecule has 0 saturated heterocycles. The second-order valence-electron chi connectivity index (χ2n) is 9.81. The lowest BCUT2D eigenvalue weighted by molar-refractivity contribution is -0.178. The van der Waals surface area contributed by atoms with E-state index in [0.29, 0.717) is 12.8 Å². The molecular formula is C28H50O8. The maximum Gasteiger partial charge on any atom is 0.339 e. The largest absolute Gasteiger partial charge is 0.481 e. The van der Waals surface area contributed by atoms with Crippen LogP contribution in [0.4, 0.5) is 0 Å². The summed E-state index contributed by atoms with van der Waals surface area (Å²) in [5.41, 5.74) is -2.57. The standard InChI is InChI=1S/C28H50O8/c1-3-5-7-8-9-10-11-12-13-14-15-16-17-19-21-35-27(33)28(34,22-24(29)30)23-26(32)36-25(31)20-18-6-4-2/h34H,3-23H2,1-2H3,(H,29,30). The molecule has 2 N–H and O–H groups in total. The average Bonchev–Trinajstić information content (AvgIpc) is 2.80. The molecule has 0 aliphatic rings. The molecule has 0 fully saturated rings. The van der Waals surface area contributed by atoms with E-state index < -0.39 is 42.3 Å². The van der Waals surface area contributed by atoms with Crippen molar-refractivity contribution in [2.24, 2.45) is 0 Å². The van der Waals surface area contributed by atoms with Crippen LogP contribution in [0.3, 0.4) is 0 Å². The lowest BCUT2D eigenvalue weighted by atomic mass is 9.95. The minimum absolute atomic E-state index is 0.0315. The van der Waals surface area contributed by atoms with E-state index in [-0.39, 0.29) is 13.0 Å². The van der Waals surface area contributed by atoms with Gasteiger partial charge in [0, 0.05) is 6.42 Å². The van der Waals surface area contributed by atoms with Gasteiger partial charge in [-0.1, -0.05) is 110 Å². The number of carbonyl (C=O) groups is 4. The number of carbonyl (C=O) groups excluding carboxylic acids is 3. The number of esters is 3. The number of ether oxygens (including phenoxy) is 2. The van der Waals surface area contributed by atoms with Crippen molar-refractivity contribution < 1.29 is 38.9 Å². The third kappa shape index (κ3) is 19.3. The van der Waals surface area contributed by atoms with Gasteiger partial charge in [-0.3, -0.25) is 14.4 Å². The van der Waals surface area contributed by atoms with E-state index in [4.69, 9.17) is 9.84 Å². The molecule has 0 aromatic heterocycles. The van der Waals surface area contributed by atoms with Crippen LogP contribution in [0.15, 0.2) is 0 Å². The number of hydrogen-bond donors (Lipinski definition) is 2. The molecule has 210 valence electrons. The monoisotopic (exact) mass is 514 g/mol. The Hall–Kier alpha value is -1.96. The van der Waals surface area contributed by atoms with Gasteiger partial charge in [-0.15, -0.1) is 0 Å². The normalized spacial score (nSPS) is 12.6. The van der Waals surface area contributed by atoms with Crippen molar-refractivity contribution >= 4 is 23.9 Å². The summed E-state index contributed by atoms with van der Waals surface area (Å²) in [6, 6.07) is 0. The van der Waals surface area contributed by atoms with E-state index >= 15 is 0 Å². The molecule has 0 aromatic carbocycles. The average molecular weight is 515 g/mol. The SMILES string of the molecule is CCCCCCCCCCCCCCCCOC(=O)C(O)(CC(=O)O)CC(=O)OC(=O)CCCCC. The zero-order valence-corrected chi connectivity index (χ0v) is 22.7. The third-order valence-corrected chi connectivity index (χ3v) is 6.20. The van der Waals surface area contributed by atoms with Crippen LogP contribution in [-0.4, -0.2) is 46.3 Å². The first-order chi connectivity index (χ1) is 17.2. The topological polar surface area (TPSA) is 127 Å². The van der Waals surface area contributed by atoms with Crippen molar-refractivity contribution in [2.45, 2.75) is 148 Å². The summed E-state index contributed by atoms with van der Waals surface area (Å²) in [6.07, 6.45) is 17.0. The first kappa shape index (κ1) is 34.0. The molecule has 0 heterocycles. The molecule has 8 nitrogen and oxygen atoms in total. The number of hydrogen-bond acceptors (Lipinski definition) is 7. The highest BCUT2D eigenvalue weighted by atomic mass is 16.6. The van der Waals surface area contributed by atoms with Crippen molar-refractivity contribution in [3.05, 3.63) is 0 Å². The highest BCUT2D eigenvalue weighted by Crippen LogP contribution is 2.20. The summed E-state index contributed by atoms with van der Waals surface area (Å²) < 4.78 is 9.67. The Morgan fingerprint density at radius 3 is 1.53 bits per heavy atom. The molecule has 0 aliphatic carbocycles. The quantitative estimate of drug-likeness (QED) is 0.0878. The van der Waals surface area contributed by atoms with Gasteiger partial charge in [-0.05, 0) is 12.8 Å². The van der Waals surface area contributed by atoms with Gasteiger partial charge in [0.25, 0.3) is 0 Å². The van der Waals surface area contributed by atoms with Gasteiger partial charge in [0.2, 0.25) is 0 Å². The fourth-order valence-electron chi connectivity index (χ4n) is 4.03. The van der Waals surface area contributed by atoms with Crippen molar-refractivity contribution in [1.82, 2.24) is 0 Å². The number of aliphatic hydroxyl groups is 1. The second kappa shape index (κ2) is 22.3. The molecule has 0 rings (SSSR count). The Morgan fingerprint density at radius 1 is 0.611 bits per heavy atom. The van der Waals surface area contributed by atoms with Crippen LogP contribution >= 0.6 is 0 Å². The highest BCUT2D eigenvalue weighted by Gasteiger charge is 2.43. The zero-order chi connectivity index (χ0) is 27.1. The van der Waals surface area contributed by atoms with Crippen LogP contribution < -0.4 is 0 Å². The van der Waals surface area contributed by atoms with Crippen LogP contribution in [-0.2, 0) is 28.7 Å². The van der Waals surface area contributed by atoms with Crippen LogP contribution in [0.25, 0.3) is 0 Å². The van der Waals surface area contributed by atoms with Crippen molar-refractivity contribution in [1.29, 1.82) is 0 Å². The van der Waals surface area contributed by atoms with E-state index in [1.807, 2.05) is 6.92 Å². The Bertz CT molecular complexity index is 619. The number of carboxylic acid groups (broad SMARTS) is 1. The smallest absolute Gasteiger partial charge is 0.339 e. The molecule has 8 heteroatoms. The van der Waals surface area contributed by atoms with Gasteiger partial charge in [0.1, 0.15) is 0 Å². The van der Waals surface area contributed by atoms with E-state index in [9.17, 15) is 24.3 Å². The molecule has 0 aliphatic heterocycles. The summed E-state index contributed by atoms with van der Waals surface area (Å²) in [7, 11) is 0. The van der Waals surface area contributed by atoms with E-state index in [1.165, 1.54) is 64.2 Å². The Kier molecular flexibility index (Phi) is 21.0. The van der Waals surface area contributed by atoms with Crippen LogP contribution in [0.5, 0.6) is 0 Å². The van der Waals surface area contributed by atoms with Crippen LogP contribution in [0.1, 0.15) is 142 Å². The van der Waals surface area contributed by atoms with E-state index in [2.05, 4.69) is 11.7 Å². The zero-order valence-electron chi connectivity index (χ0n) is 22.7. The molecular weight excluding hydrogens is 464 g/mol. The third-order valence-electron chi connectivity index (χ3n) is 6.20. The van der Waals surface area contributed by atoms with E-state index in [1.54, 1.807) is 0 Å². The second-order valence-corrected chi connectivity index (χ2v) is 9.81. The predicted molar refractivity (Wildman–Crippen MR) is 138 cm³/mol. The molecule has 0 bridgehead atoms. The highest BCUT2D eigenvalue weighted by molar-refractivity contribution is 5.92. The molecule has 0 amide bonds. The number of aliphatic carboxylic acids is 1. The predicted octanol–water partition coefficient (Wildman–Crippen LogP) is 6.26. The maximum absolute atomic E-state index is 12.3. The minimum Gasteiger partial charge on any atom is -0.481 e. The summed E-state index contributed by atoms with van der Waals surface area (Å²) >= 11 is 0. The lowest BCUT2D eigenvalue weighted by Crippen LogP contribution is -2.44. The molecule has 0 spiro atoms. The van der Waals surface area contributed by atoms with Gasteiger partial charge >= 0.3 is 23.9 Å². The van der Waals surface area contributed by atoms with E-state index in [0.717, 1.165) is 32.1 Å². The van der Waals surface area contributed by atoms with Crippen LogP contribution in [0, 0.1) is 0 Å². The Morgan fingerprint density at radius 2 is 1.06 bits per heavy atom. The Balaban J connectivity index is 4.06. The fourth-order valence-corrected chi connectivity index (χ4v) is 4.03. The van der Waals surface area contributed by atoms with Crippen molar-refractivity contribution in [2.75, 3.05) is 6.61 Å². The van der Waals surface area contributed by atoms with Gasteiger partial charge in [0.15, 0.2) is 5.60 Å². The van der Waals surface area contributed by atoms with Crippen LogP contribution in [0.2, 0.25) is 0 Å². The Labute approximate surface area is 217 Å². The fraction of sp³-hybridized carbons (Fsp3) is 0.857. The molecule has 0 aromatic rings. The summed E-state index contributed by atoms with van der Waals surface area (Å²) in [5, 5.41) is 19.5. The maximum atomic E-state index is 12.3. The molecule has 36 heavy (non-hydrogen) atoms.